The minimum Gasteiger partial charge on any atom is -0.440 e. The first kappa shape index (κ1) is 10.3. The monoisotopic (exact) mass is 223 g/mol. The molecule has 2 rings (SSSR count). The van der Waals surface area contributed by atoms with E-state index in [0.29, 0.717) is 0 Å². The Morgan fingerprint density at radius 3 is 3.13 bits per heavy atom. The van der Waals surface area contributed by atoms with Crippen LogP contribution in [0.2, 0.25) is 0 Å². The molecule has 5 heteroatoms. The largest absolute Gasteiger partial charge is 0.440 e. The molecule has 15 heavy (non-hydrogen) atoms. The van der Waals surface area contributed by atoms with E-state index < -0.39 is 0 Å². The quantitative estimate of drug-likeness (QED) is 0.787. The Kier molecular flexibility index (Phi) is 3.47. The smallest absolute Gasteiger partial charge is 0.194 e. The lowest BCUT2D eigenvalue weighted by molar-refractivity contribution is 0.496. The van der Waals surface area contributed by atoms with Crippen LogP contribution in [0.5, 0.6) is 0 Å². The molecule has 80 valence electrons. The molecular formula is C10H13N3OS. The van der Waals surface area contributed by atoms with Gasteiger partial charge in [0.25, 0.3) is 0 Å². The number of aryl methyl sites for hydroxylation is 1. The molecule has 4 nitrogen and oxygen atoms in total. The summed E-state index contributed by atoms with van der Waals surface area (Å²) >= 11 is 1.56. The van der Waals surface area contributed by atoms with Crippen LogP contribution < -0.4 is 5.32 Å². The fourth-order valence-electron chi connectivity index (χ4n) is 1.29. The zero-order valence-corrected chi connectivity index (χ0v) is 9.38. The second kappa shape index (κ2) is 5.04. The SMILES string of the molecule is CNCCCc1ncc(-c2cncs2)o1. The molecule has 0 unspecified atom stereocenters. The Bertz CT molecular complexity index is 396. The van der Waals surface area contributed by atoms with Crippen LogP contribution in [0.15, 0.2) is 22.3 Å². The van der Waals surface area contributed by atoms with Crippen molar-refractivity contribution in [1.82, 2.24) is 15.3 Å². The molecule has 1 N–H and O–H groups in total. The Morgan fingerprint density at radius 2 is 2.40 bits per heavy atom. The van der Waals surface area contributed by atoms with Crippen LogP contribution in [0, 0.1) is 0 Å². The molecule has 0 aromatic carbocycles. The van der Waals surface area contributed by atoms with Crippen LogP contribution in [0.3, 0.4) is 0 Å². The summed E-state index contributed by atoms with van der Waals surface area (Å²) in [4.78, 5) is 9.26. The number of oxazole rings is 1. The lowest BCUT2D eigenvalue weighted by Gasteiger charge is -1.95. The van der Waals surface area contributed by atoms with E-state index in [2.05, 4.69) is 15.3 Å². The highest BCUT2D eigenvalue weighted by molar-refractivity contribution is 7.13. The van der Waals surface area contributed by atoms with E-state index in [1.54, 1.807) is 29.2 Å². The molecule has 0 amide bonds. The molecule has 0 radical (unpaired) electrons. The van der Waals surface area contributed by atoms with Gasteiger partial charge in [0.15, 0.2) is 11.7 Å². The van der Waals surface area contributed by atoms with Crippen molar-refractivity contribution in [1.29, 1.82) is 0 Å². The van der Waals surface area contributed by atoms with E-state index in [1.807, 2.05) is 7.05 Å². The molecule has 2 aromatic rings. The molecule has 2 aromatic heterocycles. The van der Waals surface area contributed by atoms with Gasteiger partial charge in [-0.25, -0.2) is 4.98 Å². The highest BCUT2D eigenvalue weighted by Gasteiger charge is 2.06. The van der Waals surface area contributed by atoms with Gasteiger partial charge >= 0.3 is 0 Å². The molecule has 0 fully saturated rings. The third-order valence-corrected chi connectivity index (χ3v) is 2.83. The standard InChI is InChI=1S/C10H13N3OS/c1-11-4-2-3-10-13-5-8(14-10)9-6-12-7-15-9/h5-7,11H,2-4H2,1H3. The normalized spacial score (nSPS) is 10.7. The molecule has 0 saturated heterocycles. The fraction of sp³-hybridized carbons (Fsp3) is 0.400. The highest BCUT2D eigenvalue weighted by Crippen LogP contribution is 2.23. The molecule has 0 bridgehead atoms. The molecule has 0 spiro atoms. The second-order valence-electron chi connectivity index (χ2n) is 3.19. The van der Waals surface area contributed by atoms with E-state index >= 15 is 0 Å². The van der Waals surface area contributed by atoms with Gasteiger partial charge in [0.1, 0.15) is 0 Å². The predicted octanol–water partition coefficient (Wildman–Crippen LogP) is 1.95. The second-order valence-corrected chi connectivity index (χ2v) is 4.08. The molecule has 0 saturated carbocycles. The topological polar surface area (TPSA) is 51.0 Å². The number of aromatic nitrogens is 2. The van der Waals surface area contributed by atoms with Gasteiger partial charge in [0.05, 0.1) is 16.6 Å². The van der Waals surface area contributed by atoms with Gasteiger partial charge in [-0.3, -0.25) is 4.98 Å². The minimum atomic E-state index is 0.800. The molecule has 0 aliphatic rings. The maximum Gasteiger partial charge on any atom is 0.194 e. The lowest BCUT2D eigenvalue weighted by atomic mass is 10.3. The van der Waals surface area contributed by atoms with Gasteiger partial charge < -0.3 is 9.73 Å². The van der Waals surface area contributed by atoms with E-state index in [0.717, 1.165) is 35.9 Å². The summed E-state index contributed by atoms with van der Waals surface area (Å²) in [6.45, 7) is 0.984. The van der Waals surface area contributed by atoms with Gasteiger partial charge in [0.2, 0.25) is 0 Å². The maximum atomic E-state index is 5.61. The molecular weight excluding hydrogens is 210 g/mol. The van der Waals surface area contributed by atoms with Crippen molar-refractivity contribution in [3.8, 4) is 10.6 Å². The van der Waals surface area contributed by atoms with E-state index in [9.17, 15) is 0 Å². The highest BCUT2D eigenvalue weighted by atomic mass is 32.1. The van der Waals surface area contributed by atoms with Crippen LogP contribution in [0.1, 0.15) is 12.3 Å². The Labute approximate surface area is 92.4 Å². The van der Waals surface area contributed by atoms with E-state index in [-0.39, 0.29) is 0 Å². The van der Waals surface area contributed by atoms with Crippen molar-refractivity contribution in [3.63, 3.8) is 0 Å². The first-order chi connectivity index (χ1) is 7.40. The van der Waals surface area contributed by atoms with Crippen LogP contribution in [0.4, 0.5) is 0 Å². The summed E-state index contributed by atoms with van der Waals surface area (Å²) in [5.41, 5.74) is 1.79. The third-order valence-electron chi connectivity index (χ3n) is 2.05. The summed E-state index contributed by atoms with van der Waals surface area (Å²) < 4.78 is 5.61. The Hall–Kier alpha value is -1.20. The van der Waals surface area contributed by atoms with Crippen molar-refractivity contribution >= 4 is 11.3 Å². The minimum absolute atomic E-state index is 0.800. The van der Waals surface area contributed by atoms with Crippen molar-refractivity contribution < 1.29 is 4.42 Å². The van der Waals surface area contributed by atoms with Crippen LogP contribution in [-0.4, -0.2) is 23.6 Å². The summed E-state index contributed by atoms with van der Waals surface area (Å²) in [6.07, 6.45) is 5.48. The average molecular weight is 223 g/mol. The van der Waals surface area contributed by atoms with Crippen LogP contribution in [-0.2, 0) is 6.42 Å². The van der Waals surface area contributed by atoms with Crippen molar-refractivity contribution in [3.05, 3.63) is 23.8 Å². The first-order valence-electron chi connectivity index (χ1n) is 4.88. The lowest BCUT2D eigenvalue weighted by Crippen LogP contribution is -2.08. The van der Waals surface area contributed by atoms with E-state index in [4.69, 9.17) is 4.42 Å². The molecule has 2 heterocycles. The van der Waals surface area contributed by atoms with Gasteiger partial charge in [-0.05, 0) is 20.0 Å². The number of rotatable bonds is 5. The van der Waals surface area contributed by atoms with Crippen molar-refractivity contribution in [2.45, 2.75) is 12.8 Å². The summed E-state index contributed by atoms with van der Waals surface area (Å²) in [6, 6.07) is 0. The molecule has 0 atom stereocenters. The van der Waals surface area contributed by atoms with Crippen molar-refractivity contribution in [2.75, 3.05) is 13.6 Å². The van der Waals surface area contributed by atoms with Crippen molar-refractivity contribution in [2.24, 2.45) is 0 Å². The van der Waals surface area contributed by atoms with Gasteiger partial charge in [0, 0.05) is 12.6 Å². The zero-order chi connectivity index (χ0) is 10.5. The van der Waals surface area contributed by atoms with E-state index in [1.165, 1.54) is 0 Å². The van der Waals surface area contributed by atoms with Crippen LogP contribution >= 0.6 is 11.3 Å². The molecule has 0 aliphatic carbocycles. The Morgan fingerprint density at radius 1 is 1.47 bits per heavy atom. The Balaban J connectivity index is 1.98. The molecule has 0 aliphatic heterocycles. The number of hydrogen-bond acceptors (Lipinski definition) is 5. The summed E-state index contributed by atoms with van der Waals surface area (Å²) in [5.74, 6) is 1.62. The summed E-state index contributed by atoms with van der Waals surface area (Å²) in [7, 11) is 1.94. The number of nitrogens with one attached hydrogen (secondary N) is 1. The third kappa shape index (κ3) is 2.64. The summed E-state index contributed by atoms with van der Waals surface area (Å²) in [5, 5.41) is 3.09. The number of hydrogen-bond donors (Lipinski definition) is 1. The zero-order valence-electron chi connectivity index (χ0n) is 8.56. The van der Waals surface area contributed by atoms with Gasteiger partial charge in [-0.1, -0.05) is 0 Å². The number of nitrogens with zero attached hydrogens (tertiary/aromatic N) is 2. The fourth-order valence-corrected chi connectivity index (χ4v) is 1.86. The number of thiazole rings is 1. The van der Waals surface area contributed by atoms with Gasteiger partial charge in [-0.2, -0.15) is 0 Å². The predicted molar refractivity (Wildman–Crippen MR) is 59.9 cm³/mol. The van der Waals surface area contributed by atoms with Gasteiger partial charge in [-0.15, -0.1) is 11.3 Å². The van der Waals surface area contributed by atoms with Crippen LogP contribution in [0.25, 0.3) is 10.6 Å². The maximum absolute atomic E-state index is 5.61. The first-order valence-corrected chi connectivity index (χ1v) is 5.76. The average Bonchev–Trinajstić information content (AvgIpc) is 2.87.